The molecule has 3 aliphatic rings. The highest BCUT2D eigenvalue weighted by atomic mass is 16.5. The number of ether oxygens (including phenoxy) is 1. The predicted molar refractivity (Wildman–Crippen MR) is 153 cm³/mol. The Labute approximate surface area is 236 Å². The lowest BCUT2D eigenvalue weighted by molar-refractivity contribution is -0.143. The van der Waals surface area contributed by atoms with Gasteiger partial charge in [-0.05, 0) is 67.3 Å². The molecule has 0 saturated carbocycles. The fourth-order valence-electron chi connectivity index (χ4n) is 5.39. The van der Waals surface area contributed by atoms with E-state index in [1.807, 2.05) is 63.2 Å². The van der Waals surface area contributed by atoms with Gasteiger partial charge in [0.15, 0.2) is 17.7 Å². The van der Waals surface area contributed by atoms with Crippen molar-refractivity contribution in [3.63, 3.8) is 0 Å². The minimum absolute atomic E-state index is 0.00108. The quantitative estimate of drug-likeness (QED) is 0.548. The van der Waals surface area contributed by atoms with Crippen molar-refractivity contribution in [1.29, 1.82) is 0 Å². The fourth-order valence-corrected chi connectivity index (χ4v) is 5.39. The maximum absolute atomic E-state index is 13.3. The number of hydrogen-bond donors (Lipinski definition) is 2. The van der Waals surface area contributed by atoms with Crippen molar-refractivity contribution in [1.82, 2.24) is 15.8 Å². The molecule has 8 heteroatoms. The Morgan fingerprint density at radius 2 is 1.62 bits per heavy atom. The maximum Gasteiger partial charge on any atom is 0.258 e. The molecule has 40 heavy (non-hydrogen) atoms. The maximum atomic E-state index is 13.3. The third kappa shape index (κ3) is 6.97. The van der Waals surface area contributed by atoms with Gasteiger partial charge in [0.2, 0.25) is 5.91 Å². The molecule has 3 aliphatic heterocycles. The third-order valence-electron chi connectivity index (χ3n) is 8.05. The number of carbonyl (C=O) groups is 4. The Morgan fingerprint density at radius 1 is 0.900 bits per heavy atom. The predicted octanol–water partition coefficient (Wildman–Crippen LogP) is 4.43. The van der Waals surface area contributed by atoms with Crippen LogP contribution >= 0.6 is 0 Å². The first-order valence-electron chi connectivity index (χ1n) is 14.3. The number of ketones is 2. The summed E-state index contributed by atoms with van der Waals surface area (Å²) in [5, 5.41) is 4.27. The van der Waals surface area contributed by atoms with E-state index < -0.39 is 24.1 Å². The summed E-state index contributed by atoms with van der Waals surface area (Å²) in [6, 6.07) is 14.5. The molecule has 6 bridgehead atoms. The second kappa shape index (κ2) is 12.8. The number of benzene rings is 2. The van der Waals surface area contributed by atoms with Gasteiger partial charge in [-0.1, -0.05) is 57.2 Å². The van der Waals surface area contributed by atoms with Crippen LogP contribution in [0.1, 0.15) is 71.8 Å². The Bertz CT molecular complexity index is 1240. The minimum atomic E-state index is -0.808. The zero-order chi connectivity index (χ0) is 29.0. The molecular weight excluding hydrogens is 506 g/mol. The molecule has 5 rings (SSSR count). The van der Waals surface area contributed by atoms with Crippen molar-refractivity contribution < 1.29 is 23.9 Å². The molecular formula is C32H41N3O5. The lowest BCUT2D eigenvalue weighted by Crippen LogP contribution is -2.59. The van der Waals surface area contributed by atoms with Crippen LogP contribution in [0.4, 0.5) is 0 Å². The molecule has 214 valence electrons. The zero-order valence-corrected chi connectivity index (χ0v) is 24.1. The van der Waals surface area contributed by atoms with Crippen molar-refractivity contribution in [3.05, 3.63) is 54.1 Å². The Hall–Kier alpha value is -3.52. The summed E-state index contributed by atoms with van der Waals surface area (Å²) in [7, 11) is 0. The van der Waals surface area contributed by atoms with Crippen LogP contribution < -0.4 is 15.5 Å². The van der Waals surface area contributed by atoms with E-state index >= 15 is 0 Å². The van der Waals surface area contributed by atoms with Crippen LogP contribution in [0, 0.1) is 11.8 Å². The lowest BCUT2D eigenvalue weighted by atomic mass is 9.88. The topological polar surface area (TPSA) is 105 Å². The number of fused-ring (bicyclic) bond motifs is 12. The highest BCUT2D eigenvalue weighted by Gasteiger charge is 2.34. The van der Waals surface area contributed by atoms with Crippen molar-refractivity contribution in [2.24, 2.45) is 11.8 Å². The molecule has 0 spiro atoms. The molecule has 2 aromatic rings. The van der Waals surface area contributed by atoms with Gasteiger partial charge in [0.1, 0.15) is 11.8 Å². The second-order valence-electron chi connectivity index (χ2n) is 11.5. The molecule has 8 nitrogen and oxygen atoms in total. The van der Waals surface area contributed by atoms with Crippen LogP contribution in [0.2, 0.25) is 0 Å². The largest absolute Gasteiger partial charge is 0.483 e. The fraction of sp³-hybridized carbons (Fsp3) is 0.500. The van der Waals surface area contributed by atoms with Crippen LogP contribution in [-0.2, 0) is 19.2 Å². The number of Topliss-reactive ketones (excluding diaryl/α,β-unsaturated/α-hetero) is 2. The third-order valence-corrected chi connectivity index (χ3v) is 8.05. The highest BCUT2D eigenvalue weighted by Crippen LogP contribution is 2.29. The van der Waals surface area contributed by atoms with E-state index in [1.54, 1.807) is 13.8 Å². The Balaban J connectivity index is 1.63. The van der Waals surface area contributed by atoms with Gasteiger partial charge in [0.05, 0.1) is 6.04 Å². The van der Waals surface area contributed by atoms with Gasteiger partial charge in [-0.3, -0.25) is 24.2 Å². The van der Waals surface area contributed by atoms with Gasteiger partial charge < -0.3 is 10.1 Å². The Morgan fingerprint density at radius 3 is 2.33 bits per heavy atom. The monoisotopic (exact) mass is 547 g/mol. The Kier molecular flexibility index (Phi) is 9.40. The van der Waals surface area contributed by atoms with Crippen LogP contribution in [0.25, 0.3) is 11.1 Å². The SMILES string of the molecule is CC(C)[C@@H]1CC(=O)[C@@H](C)Oc2ccc(cc2)-c2cccc(c2)[C@@H](C)CC(=O)[C@@H]2CCCN(N2)C(=O)[C@H](C)NC1=O. The number of amides is 2. The van der Waals surface area contributed by atoms with Gasteiger partial charge in [0, 0.05) is 25.3 Å². The van der Waals surface area contributed by atoms with E-state index in [9.17, 15) is 19.2 Å². The summed E-state index contributed by atoms with van der Waals surface area (Å²) in [5.74, 6) is -0.922. The van der Waals surface area contributed by atoms with Crippen LogP contribution in [0.3, 0.4) is 0 Å². The first-order chi connectivity index (χ1) is 19.0. The minimum Gasteiger partial charge on any atom is -0.483 e. The summed E-state index contributed by atoms with van der Waals surface area (Å²) in [5.41, 5.74) is 6.21. The average Bonchev–Trinajstić information content (AvgIpc) is 2.95. The van der Waals surface area contributed by atoms with Crippen LogP contribution in [-0.4, -0.2) is 53.1 Å². The average molecular weight is 548 g/mol. The van der Waals surface area contributed by atoms with E-state index in [1.165, 1.54) is 5.01 Å². The smallest absolute Gasteiger partial charge is 0.258 e. The number of nitrogens with one attached hydrogen (secondary N) is 2. The van der Waals surface area contributed by atoms with E-state index in [0.717, 1.165) is 16.7 Å². The number of hydrogen-bond acceptors (Lipinski definition) is 6. The molecule has 1 fully saturated rings. The number of rotatable bonds is 1. The van der Waals surface area contributed by atoms with Gasteiger partial charge in [-0.25, -0.2) is 5.43 Å². The molecule has 2 amide bonds. The summed E-state index contributed by atoms with van der Waals surface area (Å²) in [6.07, 6.45) is 0.974. The molecule has 0 aromatic heterocycles. The second-order valence-corrected chi connectivity index (χ2v) is 11.5. The lowest BCUT2D eigenvalue weighted by Gasteiger charge is -2.35. The van der Waals surface area contributed by atoms with Crippen molar-refractivity contribution in [3.8, 4) is 16.9 Å². The summed E-state index contributed by atoms with van der Waals surface area (Å²) >= 11 is 0. The van der Waals surface area contributed by atoms with E-state index in [2.05, 4.69) is 16.8 Å². The summed E-state index contributed by atoms with van der Waals surface area (Å²) < 4.78 is 5.93. The highest BCUT2D eigenvalue weighted by molar-refractivity contribution is 5.92. The van der Waals surface area contributed by atoms with E-state index in [4.69, 9.17) is 4.74 Å². The van der Waals surface area contributed by atoms with E-state index in [-0.39, 0.29) is 41.6 Å². The first kappa shape index (κ1) is 29.5. The summed E-state index contributed by atoms with van der Waals surface area (Å²) in [4.78, 5) is 52.8. The number of hydrazine groups is 1. The van der Waals surface area contributed by atoms with Crippen LogP contribution in [0.15, 0.2) is 48.5 Å². The summed E-state index contributed by atoms with van der Waals surface area (Å²) in [6.45, 7) is 9.60. The van der Waals surface area contributed by atoms with Crippen LogP contribution in [0.5, 0.6) is 5.75 Å². The van der Waals surface area contributed by atoms with Crippen molar-refractivity contribution in [2.75, 3.05) is 6.54 Å². The molecule has 0 unspecified atom stereocenters. The number of carbonyl (C=O) groups excluding carboxylic acids is 4. The standard InChI is InChI=1S/C32H41N3O5/c1-19(2)27-18-29(36)22(5)40-26-13-11-23(12-14-26)25-9-6-8-24(17-25)20(3)16-30(37)28-10-7-15-35(34-28)32(39)21(4)33-31(27)38/h6,8-9,11-14,17,19-22,27-28,34H,7,10,15-16,18H2,1-5H3,(H,33,38)/t20-,21-,22+,27-,28-/m0/s1. The number of nitrogens with zero attached hydrogens (tertiary/aromatic N) is 1. The molecule has 2 aromatic carbocycles. The van der Waals surface area contributed by atoms with Gasteiger partial charge in [-0.15, -0.1) is 0 Å². The molecule has 3 heterocycles. The normalized spacial score (nSPS) is 27.1. The van der Waals surface area contributed by atoms with Gasteiger partial charge >= 0.3 is 0 Å². The van der Waals surface area contributed by atoms with Gasteiger partial charge in [0.25, 0.3) is 5.91 Å². The van der Waals surface area contributed by atoms with Crippen molar-refractivity contribution in [2.45, 2.75) is 84.4 Å². The first-order valence-corrected chi connectivity index (χ1v) is 14.3. The molecule has 0 aliphatic carbocycles. The zero-order valence-electron chi connectivity index (χ0n) is 24.1. The van der Waals surface area contributed by atoms with Gasteiger partial charge in [-0.2, -0.15) is 0 Å². The molecule has 0 radical (unpaired) electrons. The van der Waals surface area contributed by atoms with E-state index in [0.29, 0.717) is 31.6 Å². The molecule has 5 atom stereocenters. The molecule has 2 N–H and O–H groups in total. The van der Waals surface area contributed by atoms with Crippen molar-refractivity contribution >= 4 is 23.4 Å². The molecule has 1 saturated heterocycles.